The summed E-state index contributed by atoms with van der Waals surface area (Å²) < 4.78 is 0. The fraction of sp³-hybridized carbons (Fsp3) is 0.391. The third kappa shape index (κ3) is 5.17. The molecule has 1 aliphatic heterocycles. The maximum absolute atomic E-state index is 13.0. The van der Waals surface area contributed by atoms with Crippen LogP contribution in [0.15, 0.2) is 42.5 Å². The van der Waals surface area contributed by atoms with Crippen LogP contribution >= 0.6 is 11.6 Å². The van der Waals surface area contributed by atoms with Gasteiger partial charge in [0.2, 0.25) is 5.91 Å². The average Bonchev–Trinajstić information content (AvgIpc) is 3.16. The fourth-order valence-corrected chi connectivity index (χ4v) is 3.83. The van der Waals surface area contributed by atoms with Crippen molar-refractivity contribution in [2.24, 2.45) is 0 Å². The molecule has 0 aliphatic carbocycles. The number of hydrogen-bond donors (Lipinski definition) is 1. The zero-order valence-electron chi connectivity index (χ0n) is 17.1. The van der Waals surface area contributed by atoms with Crippen molar-refractivity contribution >= 4 is 29.1 Å². The van der Waals surface area contributed by atoms with Crippen LogP contribution in [-0.2, 0) is 17.9 Å². The highest BCUT2D eigenvalue weighted by Gasteiger charge is 2.26. The van der Waals surface area contributed by atoms with E-state index < -0.39 is 0 Å². The molecule has 0 bridgehead atoms. The van der Waals surface area contributed by atoms with Crippen molar-refractivity contribution in [3.8, 4) is 0 Å². The lowest BCUT2D eigenvalue weighted by atomic mass is 10.1. The summed E-state index contributed by atoms with van der Waals surface area (Å²) in [5.74, 6) is -0.167. The number of carbonyl (C=O) groups excluding carboxylic acids is 2. The quantitative estimate of drug-likeness (QED) is 0.704. The average molecular weight is 414 g/mol. The maximum atomic E-state index is 13.0. The van der Waals surface area contributed by atoms with Crippen LogP contribution in [0.3, 0.4) is 0 Å². The Morgan fingerprint density at radius 1 is 1.14 bits per heavy atom. The molecule has 2 amide bonds. The molecule has 0 aromatic heterocycles. The van der Waals surface area contributed by atoms with Gasteiger partial charge in [-0.2, -0.15) is 0 Å². The molecule has 6 heteroatoms. The summed E-state index contributed by atoms with van der Waals surface area (Å²) in [6.45, 7) is 8.17. The molecule has 154 valence electrons. The van der Waals surface area contributed by atoms with E-state index in [2.05, 4.69) is 30.1 Å². The molecule has 29 heavy (non-hydrogen) atoms. The van der Waals surface area contributed by atoms with Crippen molar-refractivity contribution in [3.63, 3.8) is 0 Å². The second-order valence-corrected chi connectivity index (χ2v) is 7.66. The Hall–Kier alpha value is -2.37. The van der Waals surface area contributed by atoms with Gasteiger partial charge in [-0.15, -0.1) is 0 Å². The largest absolute Gasteiger partial charge is 0.348 e. The molecule has 0 saturated carbocycles. The third-order valence-corrected chi connectivity index (χ3v) is 5.65. The number of halogens is 1. The number of hydrogen-bond acceptors (Lipinski definition) is 3. The van der Waals surface area contributed by atoms with Crippen LogP contribution in [0.1, 0.15) is 48.2 Å². The van der Waals surface area contributed by atoms with Crippen LogP contribution in [0.2, 0.25) is 5.02 Å². The third-order valence-electron chi connectivity index (χ3n) is 5.41. The number of anilines is 1. The SMILES string of the molecule is CCN(CC)Cc1ccccc1CNC(=O)c1ccc(Cl)cc1N1CCCC1=O. The van der Waals surface area contributed by atoms with Crippen molar-refractivity contribution in [2.75, 3.05) is 24.5 Å². The lowest BCUT2D eigenvalue weighted by molar-refractivity contribution is -0.117. The van der Waals surface area contributed by atoms with Crippen molar-refractivity contribution < 1.29 is 9.59 Å². The van der Waals surface area contributed by atoms with Gasteiger partial charge in [0.05, 0.1) is 11.3 Å². The van der Waals surface area contributed by atoms with Gasteiger partial charge in [-0.05, 0) is 48.8 Å². The standard InChI is InChI=1S/C23H28ClN3O2/c1-3-26(4-2)16-18-9-6-5-8-17(18)15-25-23(29)20-12-11-19(24)14-21(20)27-13-7-10-22(27)28/h5-6,8-9,11-12,14H,3-4,7,10,13,15-16H2,1-2H3,(H,25,29). The zero-order chi connectivity index (χ0) is 20.8. The van der Waals surface area contributed by atoms with Gasteiger partial charge in [-0.1, -0.05) is 49.7 Å². The van der Waals surface area contributed by atoms with Gasteiger partial charge < -0.3 is 10.2 Å². The number of nitrogens with one attached hydrogen (secondary N) is 1. The minimum atomic E-state index is -0.200. The van der Waals surface area contributed by atoms with Crippen LogP contribution in [0.25, 0.3) is 0 Å². The van der Waals surface area contributed by atoms with E-state index in [1.165, 1.54) is 5.56 Å². The smallest absolute Gasteiger partial charge is 0.253 e. The first kappa shape index (κ1) is 21.3. The van der Waals surface area contributed by atoms with E-state index in [0.717, 1.165) is 31.6 Å². The highest BCUT2D eigenvalue weighted by molar-refractivity contribution is 6.31. The van der Waals surface area contributed by atoms with Crippen LogP contribution in [0.5, 0.6) is 0 Å². The normalized spacial score (nSPS) is 13.9. The molecule has 0 unspecified atom stereocenters. The summed E-state index contributed by atoms with van der Waals surface area (Å²) >= 11 is 6.14. The Morgan fingerprint density at radius 2 is 1.86 bits per heavy atom. The fourth-order valence-electron chi connectivity index (χ4n) is 3.67. The molecule has 0 spiro atoms. The lowest BCUT2D eigenvalue weighted by Crippen LogP contribution is -2.30. The Kier molecular flexibility index (Phi) is 7.29. The van der Waals surface area contributed by atoms with E-state index in [4.69, 9.17) is 11.6 Å². The second-order valence-electron chi connectivity index (χ2n) is 7.22. The van der Waals surface area contributed by atoms with Gasteiger partial charge in [0.1, 0.15) is 0 Å². The Bertz CT molecular complexity index is 880. The van der Waals surface area contributed by atoms with Gasteiger partial charge in [0.25, 0.3) is 5.91 Å². The van der Waals surface area contributed by atoms with Crippen LogP contribution in [0, 0.1) is 0 Å². The topological polar surface area (TPSA) is 52.7 Å². The Morgan fingerprint density at radius 3 is 2.52 bits per heavy atom. The number of rotatable bonds is 8. The number of benzene rings is 2. The molecule has 1 aliphatic rings. The summed E-state index contributed by atoms with van der Waals surface area (Å²) in [6, 6.07) is 13.3. The molecule has 5 nitrogen and oxygen atoms in total. The van der Waals surface area contributed by atoms with Crippen molar-refractivity contribution in [2.45, 2.75) is 39.8 Å². The molecule has 2 aromatic rings. The van der Waals surface area contributed by atoms with Gasteiger partial charge >= 0.3 is 0 Å². The van der Waals surface area contributed by atoms with Crippen LogP contribution in [-0.4, -0.2) is 36.3 Å². The highest BCUT2D eigenvalue weighted by Crippen LogP contribution is 2.28. The summed E-state index contributed by atoms with van der Waals surface area (Å²) in [4.78, 5) is 29.2. The molecular weight excluding hydrogens is 386 g/mol. The van der Waals surface area contributed by atoms with Crippen molar-refractivity contribution in [1.29, 1.82) is 0 Å². The monoisotopic (exact) mass is 413 g/mol. The van der Waals surface area contributed by atoms with Crippen LogP contribution < -0.4 is 10.2 Å². The van der Waals surface area contributed by atoms with E-state index in [1.807, 2.05) is 18.2 Å². The molecule has 1 N–H and O–H groups in total. The van der Waals surface area contributed by atoms with E-state index in [-0.39, 0.29) is 11.8 Å². The Balaban J connectivity index is 1.76. The van der Waals surface area contributed by atoms with Gasteiger partial charge in [0.15, 0.2) is 0 Å². The maximum Gasteiger partial charge on any atom is 0.253 e. The molecule has 1 saturated heterocycles. The van der Waals surface area contributed by atoms with Crippen LogP contribution in [0.4, 0.5) is 5.69 Å². The number of amides is 2. The first-order valence-electron chi connectivity index (χ1n) is 10.2. The molecule has 2 aromatic carbocycles. The van der Waals surface area contributed by atoms with Gasteiger partial charge in [-0.3, -0.25) is 14.5 Å². The summed E-state index contributed by atoms with van der Waals surface area (Å²) in [5, 5.41) is 3.54. The zero-order valence-corrected chi connectivity index (χ0v) is 17.8. The first-order chi connectivity index (χ1) is 14.0. The lowest BCUT2D eigenvalue weighted by Gasteiger charge is -2.21. The molecule has 1 fully saturated rings. The first-order valence-corrected chi connectivity index (χ1v) is 10.6. The van der Waals surface area contributed by atoms with Gasteiger partial charge in [-0.25, -0.2) is 0 Å². The van der Waals surface area contributed by atoms with E-state index in [1.54, 1.807) is 23.1 Å². The number of nitrogens with zero attached hydrogens (tertiary/aromatic N) is 2. The van der Waals surface area contributed by atoms with Crippen molar-refractivity contribution in [3.05, 3.63) is 64.2 Å². The summed E-state index contributed by atoms with van der Waals surface area (Å²) in [6.07, 6.45) is 1.30. The predicted octanol–water partition coefficient (Wildman–Crippen LogP) is 4.24. The van der Waals surface area contributed by atoms with E-state index >= 15 is 0 Å². The Labute approximate surface area is 177 Å². The molecule has 3 rings (SSSR count). The molecular formula is C23H28ClN3O2. The summed E-state index contributed by atoms with van der Waals surface area (Å²) in [7, 11) is 0. The molecule has 0 radical (unpaired) electrons. The predicted molar refractivity (Wildman–Crippen MR) is 117 cm³/mol. The summed E-state index contributed by atoms with van der Waals surface area (Å²) in [5.41, 5.74) is 3.38. The van der Waals surface area contributed by atoms with E-state index in [9.17, 15) is 9.59 Å². The minimum absolute atomic E-state index is 0.0332. The second kappa shape index (κ2) is 9.90. The van der Waals surface area contributed by atoms with E-state index in [0.29, 0.717) is 35.8 Å². The molecule has 1 heterocycles. The van der Waals surface area contributed by atoms with Crippen molar-refractivity contribution in [1.82, 2.24) is 10.2 Å². The number of carbonyl (C=O) groups is 2. The molecule has 0 atom stereocenters. The van der Waals surface area contributed by atoms with Gasteiger partial charge in [0, 0.05) is 31.1 Å². The minimum Gasteiger partial charge on any atom is -0.348 e. The highest BCUT2D eigenvalue weighted by atomic mass is 35.5.